The lowest BCUT2D eigenvalue weighted by Gasteiger charge is -2.11. The van der Waals surface area contributed by atoms with Gasteiger partial charge in [0.25, 0.3) is 5.69 Å². The number of methoxy groups -OCH3 is 2. The summed E-state index contributed by atoms with van der Waals surface area (Å²) in [5.41, 5.74) is 1.97. The molecule has 1 N–H and O–H groups in total. The largest absolute Gasteiger partial charge is 0.493 e. The van der Waals surface area contributed by atoms with Crippen LogP contribution in [0, 0.1) is 15.9 Å². The number of nitro groups is 1. The van der Waals surface area contributed by atoms with E-state index in [1.807, 2.05) is 0 Å². The number of hydrogen-bond acceptors (Lipinski definition) is 9. The van der Waals surface area contributed by atoms with E-state index >= 15 is 0 Å². The lowest BCUT2D eigenvalue weighted by molar-refractivity contribution is -0.384. The number of carbonyl (C=O) groups is 1. The summed E-state index contributed by atoms with van der Waals surface area (Å²) in [5, 5.41) is 19.3. The van der Waals surface area contributed by atoms with Crippen molar-refractivity contribution in [1.82, 2.24) is 19.6 Å². The number of benzene rings is 3. The molecule has 0 aliphatic carbocycles. The topological polar surface area (TPSA) is 134 Å². The number of amides is 1. The number of nitrogens with one attached hydrogen (secondary N) is 1. The number of anilines is 1. The molecule has 5 rings (SSSR count). The third kappa shape index (κ3) is 4.91. The standard InChI is InChI=1S/C25H19FN6O5S/c1-36-20-11-18-19(12-21(20)37-2)28-25(38-13-22(33)27-16-7-5-15(26)6-8-16)31-24(18)29-23(30-31)14-3-9-17(10-4-14)32(34)35/h3-12H,13H2,1-2H3,(H,27,33). The smallest absolute Gasteiger partial charge is 0.269 e. The molecular weight excluding hydrogens is 515 g/mol. The lowest BCUT2D eigenvalue weighted by Crippen LogP contribution is -2.14. The quantitative estimate of drug-likeness (QED) is 0.130. The number of fused-ring (bicyclic) bond motifs is 3. The van der Waals surface area contributed by atoms with Crippen LogP contribution in [0.2, 0.25) is 0 Å². The zero-order chi connectivity index (χ0) is 26.8. The average molecular weight is 535 g/mol. The Bertz CT molecular complexity index is 1670. The molecule has 3 aromatic carbocycles. The fourth-order valence-corrected chi connectivity index (χ4v) is 4.46. The molecule has 2 aromatic heterocycles. The van der Waals surface area contributed by atoms with E-state index in [0.29, 0.717) is 50.3 Å². The van der Waals surface area contributed by atoms with E-state index in [-0.39, 0.29) is 17.3 Å². The van der Waals surface area contributed by atoms with Gasteiger partial charge in [-0.15, -0.1) is 5.10 Å². The van der Waals surface area contributed by atoms with E-state index in [1.165, 1.54) is 55.1 Å². The molecule has 192 valence electrons. The first kappa shape index (κ1) is 24.9. The third-order valence-corrected chi connectivity index (χ3v) is 6.47. The van der Waals surface area contributed by atoms with Crippen molar-refractivity contribution in [1.29, 1.82) is 0 Å². The Morgan fingerprint density at radius 3 is 2.39 bits per heavy atom. The van der Waals surface area contributed by atoms with Crippen LogP contribution in [0.3, 0.4) is 0 Å². The van der Waals surface area contributed by atoms with Crippen LogP contribution < -0.4 is 14.8 Å². The maximum atomic E-state index is 13.2. The van der Waals surface area contributed by atoms with Crippen molar-refractivity contribution < 1.29 is 23.6 Å². The van der Waals surface area contributed by atoms with Crippen molar-refractivity contribution in [2.75, 3.05) is 25.3 Å². The van der Waals surface area contributed by atoms with Gasteiger partial charge in [0.1, 0.15) is 5.82 Å². The second-order valence-corrected chi connectivity index (χ2v) is 8.88. The summed E-state index contributed by atoms with van der Waals surface area (Å²) >= 11 is 1.14. The zero-order valence-corrected chi connectivity index (χ0v) is 20.9. The second kappa shape index (κ2) is 10.3. The number of non-ortho nitro benzene ring substituents is 1. The molecule has 0 saturated carbocycles. The highest BCUT2D eigenvalue weighted by molar-refractivity contribution is 7.99. The molecular formula is C25H19FN6O5S. The fraction of sp³-hybridized carbons (Fsp3) is 0.120. The Hall–Kier alpha value is -4.78. The van der Waals surface area contributed by atoms with Gasteiger partial charge in [-0.05, 0) is 42.5 Å². The van der Waals surface area contributed by atoms with Gasteiger partial charge >= 0.3 is 0 Å². The fourth-order valence-electron chi connectivity index (χ4n) is 3.72. The first-order valence-electron chi connectivity index (χ1n) is 11.1. The number of carbonyl (C=O) groups excluding carboxylic acids is 1. The highest BCUT2D eigenvalue weighted by Crippen LogP contribution is 2.35. The number of rotatable bonds is 8. The average Bonchev–Trinajstić information content (AvgIpc) is 3.38. The van der Waals surface area contributed by atoms with Gasteiger partial charge in [-0.3, -0.25) is 14.9 Å². The molecule has 5 aromatic rings. The zero-order valence-electron chi connectivity index (χ0n) is 20.0. The Labute approximate surface area is 218 Å². The van der Waals surface area contributed by atoms with E-state index in [2.05, 4.69) is 15.4 Å². The summed E-state index contributed by atoms with van der Waals surface area (Å²) in [7, 11) is 3.03. The van der Waals surface area contributed by atoms with Gasteiger partial charge in [0.15, 0.2) is 28.1 Å². The summed E-state index contributed by atoms with van der Waals surface area (Å²) < 4.78 is 25.5. The Morgan fingerprint density at radius 1 is 1.05 bits per heavy atom. The van der Waals surface area contributed by atoms with Gasteiger partial charge in [0.05, 0.1) is 30.4 Å². The Balaban J connectivity index is 1.55. The second-order valence-electron chi connectivity index (χ2n) is 7.94. The van der Waals surface area contributed by atoms with Crippen molar-refractivity contribution in [2.45, 2.75) is 5.16 Å². The maximum absolute atomic E-state index is 13.2. The lowest BCUT2D eigenvalue weighted by atomic mass is 10.2. The van der Waals surface area contributed by atoms with E-state index in [4.69, 9.17) is 14.5 Å². The van der Waals surface area contributed by atoms with Gasteiger partial charge in [-0.25, -0.2) is 14.4 Å². The van der Waals surface area contributed by atoms with Crippen LogP contribution in [-0.2, 0) is 4.79 Å². The number of aromatic nitrogens is 4. The van der Waals surface area contributed by atoms with Crippen molar-refractivity contribution in [3.63, 3.8) is 0 Å². The molecule has 38 heavy (non-hydrogen) atoms. The highest BCUT2D eigenvalue weighted by Gasteiger charge is 2.19. The minimum atomic E-state index is -0.482. The number of hydrogen-bond donors (Lipinski definition) is 1. The van der Waals surface area contributed by atoms with Crippen LogP contribution in [-0.4, -0.2) is 50.4 Å². The van der Waals surface area contributed by atoms with Crippen molar-refractivity contribution in [3.05, 3.63) is 76.6 Å². The van der Waals surface area contributed by atoms with E-state index in [9.17, 15) is 19.3 Å². The molecule has 0 saturated heterocycles. The summed E-state index contributed by atoms with van der Waals surface area (Å²) in [4.78, 5) is 32.5. The Morgan fingerprint density at radius 2 is 1.74 bits per heavy atom. The predicted octanol–water partition coefficient (Wildman–Crippen LogP) is 4.74. The molecule has 11 nitrogen and oxygen atoms in total. The number of ether oxygens (including phenoxy) is 2. The van der Waals surface area contributed by atoms with E-state index in [0.717, 1.165) is 11.8 Å². The van der Waals surface area contributed by atoms with Crippen LogP contribution in [0.25, 0.3) is 27.9 Å². The minimum Gasteiger partial charge on any atom is -0.493 e. The molecule has 0 bridgehead atoms. The third-order valence-electron chi connectivity index (χ3n) is 5.54. The number of halogens is 1. The molecule has 0 spiro atoms. The van der Waals surface area contributed by atoms with E-state index in [1.54, 1.807) is 24.3 Å². The minimum absolute atomic E-state index is 0.00893. The van der Waals surface area contributed by atoms with Crippen molar-refractivity contribution >= 4 is 45.6 Å². The number of nitrogens with zero attached hydrogens (tertiary/aromatic N) is 5. The van der Waals surface area contributed by atoms with Gasteiger partial charge in [0, 0.05) is 34.8 Å². The molecule has 0 aliphatic heterocycles. The molecule has 1 amide bonds. The Kier molecular flexibility index (Phi) is 6.75. The molecule has 2 heterocycles. The van der Waals surface area contributed by atoms with Gasteiger partial charge < -0.3 is 14.8 Å². The molecule has 0 atom stereocenters. The van der Waals surface area contributed by atoms with Crippen LogP contribution >= 0.6 is 11.8 Å². The van der Waals surface area contributed by atoms with Crippen LogP contribution in [0.4, 0.5) is 15.8 Å². The number of thioether (sulfide) groups is 1. The van der Waals surface area contributed by atoms with Crippen LogP contribution in [0.5, 0.6) is 11.5 Å². The van der Waals surface area contributed by atoms with Gasteiger partial charge in [0.2, 0.25) is 5.91 Å². The van der Waals surface area contributed by atoms with Crippen LogP contribution in [0.1, 0.15) is 0 Å². The molecule has 13 heteroatoms. The van der Waals surface area contributed by atoms with Crippen molar-refractivity contribution in [3.8, 4) is 22.9 Å². The van der Waals surface area contributed by atoms with Gasteiger partial charge in [-0.2, -0.15) is 4.52 Å². The monoisotopic (exact) mass is 534 g/mol. The summed E-state index contributed by atoms with van der Waals surface area (Å²) in [6, 6.07) is 14.8. The first-order chi connectivity index (χ1) is 18.4. The normalized spacial score (nSPS) is 11.0. The maximum Gasteiger partial charge on any atom is 0.269 e. The summed E-state index contributed by atoms with van der Waals surface area (Å²) in [5.74, 6) is 0.536. The van der Waals surface area contributed by atoms with Crippen LogP contribution in [0.15, 0.2) is 65.8 Å². The number of nitro benzene ring substituents is 1. The molecule has 0 unspecified atom stereocenters. The van der Waals surface area contributed by atoms with Gasteiger partial charge in [-0.1, -0.05) is 11.8 Å². The predicted molar refractivity (Wildman–Crippen MR) is 139 cm³/mol. The first-order valence-corrected chi connectivity index (χ1v) is 12.1. The summed E-state index contributed by atoms with van der Waals surface area (Å²) in [6.45, 7) is 0. The SMILES string of the molecule is COc1cc2nc(SCC(=O)Nc3ccc(F)cc3)n3nc(-c4ccc([N+](=O)[O-])cc4)nc3c2cc1OC. The summed E-state index contributed by atoms with van der Waals surface area (Å²) in [6.07, 6.45) is 0. The molecule has 0 fully saturated rings. The van der Waals surface area contributed by atoms with E-state index < -0.39 is 10.7 Å². The molecule has 0 radical (unpaired) electrons. The highest BCUT2D eigenvalue weighted by atomic mass is 32.2. The molecule has 0 aliphatic rings. The van der Waals surface area contributed by atoms with Crippen molar-refractivity contribution in [2.24, 2.45) is 0 Å².